The Bertz CT molecular complexity index is 503. The fourth-order valence-corrected chi connectivity index (χ4v) is 2.91. The van der Waals surface area contributed by atoms with Gasteiger partial charge in [0.25, 0.3) is 0 Å². The van der Waals surface area contributed by atoms with Crippen molar-refractivity contribution in [2.75, 3.05) is 0 Å². The summed E-state index contributed by atoms with van der Waals surface area (Å²) in [6, 6.07) is 5.20. The molecule has 0 fully saturated rings. The predicted octanol–water partition coefficient (Wildman–Crippen LogP) is 7.06. The average molecular weight is 345 g/mol. The highest BCUT2D eigenvalue weighted by Gasteiger charge is 2.04. The third-order valence-electron chi connectivity index (χ3n) is 4.50. The molecule has 140 valence electrons. The van der Waals surface area contributed by atoms with Crippen LogP contribution in [0.25, 0.3) is 0 Å². The van der Waals surface area contributed by atoms with E-state index in [1.54, 1.807) is 6.07 Å². The minimum absolute atomic E-state index is 0.0138. The van der Waals surface area contributed by atoms with Gasteiger partial charge in [-0.25, -0.2) is 0 Å². The summed E-state index contributed by atoms with van der Waals surface area (Å²) in [5.41, 5.74) is 0.852. The van der Waals surface area contributed by atoms with E-state index in [9.17, 15) is 10.2 Å². The van der Waals surface area contributed by atoms with E-state index in [4.69, 9.17) is 0 Å². The summed E-state index contributed by atoms with van der Waals surface area (Å²) in [5.74, 6) is 0.0344. The standard InChI is InChI=1S/C23H36O2/c1-2-3-4-5-6-7-8-9-10-11-12-13-14-15-16-18-21-19-17-20-22(24)23(21)25/h6-7,9-10,17,19-20,24-25H,2-5,8,11-16,18H2,1H3/b7-6+,10-9-. The fraction of sp³-hybridized carbons (Fsp3) is 0.565. The van der Waals surface area contributed by atoms with Crippen molar-refractivity contribution in [3.05, 3.63) is 48.1 Å². The van der Waals surface area contributed by atoms with Gasteiger partial charge in [0.1, 0.15) is 0 Å². The molecule has 0 unspecified atom stereocenters. The van der Waals surface area contributed by atoms with Crippen molar-refractivity contribution in [2.24, 2.45) is 0 Å². The van der Waals surface area contributed by atoms with Crippen LogP contribution in [-0.4, -0.2) is 10.2 Å². The maximum atomic E-state index is 9.75. The second kappa shape index (κ2) is 14.6. The molecule has 0 radical (unpaired) electrons. The summed E-state index contributed by atoms with van der Waals surface area (Å²) < 4.78 is 0. The molecule has 1 aromatic rings. The van der Waals surface area contributed by atoms with E-state index in [-0.39, 0.29) is 11.5 Å². The van der Waals surface area contributed by atoms with Crippen LogP contribution >= 0.6 is 0 Å². The molecule has 0 aliphatic heterocycles. The van der Waals surface area contributed by atoms with Gasteiger partial charge in [0.05, 0.1) is 0 Å². The number of phenolic OH excluding ortho intramolecular Hbond substituents is 2. The van der Waals surface area contributed by atoms with Gasteiger partial charge in [0, 0.05) is 0 Å². The topological polar surface area (TPSA) is 40.5 Å². The number of para-hydroxylation sites is 1. The molecule has 0 aliphatic rings. The summed E-state index contributed by atoms with van der Waals surface area (Å²) >= 11 is 0. The van der Waals surface area contributed by atoms with Gasteiger partial charge in [-0.3, -0.25) is 0 Å². The lowest BCUT2D eigenvalue weighted by Gasteiger charge is -2.05. The second-order valence-electron chi connectivity index (χ2n) is 6.77. The molecule has 0 aromatic heterocycles. The summed E-state index contributed by atoms with van der Waals surface area (Å²) in [7, 11) is 0. The quantitative estimate of drug-likeness (QED) is 0.215. The zero-order chi connectivity index (χ0) is 18.2. The average Bonchev–Trinajstić information content (AvgIpc) is 2.61. The maximum absolute atomic E-state index is 9.75. The van der Waals surface area contributed by atoms with Crippen LogP contribution in [0.1, 0.15) is 83.1 Å². The van der Waals surface area contributed by atoms with Gasteiger partial charge < -0.3 is 10.2 Å². The third-order valence-corrected chi connectivity index (χ3v) is 4.50. The first-order chi connectivity index (χ1) is 12.3. The largest absolute Gasteiger partial charge is 0.504 e. The summed E-state index contributed by atoms with van der Waals surface area (Å²) in [4.78, 5) is 0. The van der Waals surface area contributed by atoms with Crippen molar-refractivity contribution in [1.29, 1.82) is 0 Å². The lowest BCUT2D eigenvalue weighted by atomic mass is 10.0. The number of hydrogen-bond donors (Lipinski definition) is 2. The Labute approximate surface area is 154 Å². The third kappa shape index (κ3) is 10.7. The summed E-state index contributed by atoms with van der Waals surface area (Å²) in [6.45, 7) is 2.24. The second-order valence-corrected chi connectivity index (χ2v) is 6.77. The van der Waals surface area contributed by atoms with Crippen LogP contribution in [0.2, 0.25) is 0 Å². The van der Waals surface area contributed by atoms with Crippen LogP contribution in [0.3, 0.4) is 0 Å². The molecule has 0 atom stereocenters. The minimum atomic E-state index is -0.0138. The summed E-state index contributed by atoms with van der Waals surface area (Å²) in [6.07, 6.45) is 23.5. The van der Waals surface area contributed by atoms with Crippen LogP contribution in [0.4, 0.5) is 0 Å². The molecule has 2 N–H and O–H groups in total. The van der Waals surface area contributed by atoms with Crippen molar-refractivity contribution in [2.45, 2.75) is 84.0 Å². The molecular formula is C23H36O2. The van der Waals surface area contributed by atoms with Crippen molar-refractivity contribution >= 4 is 0 Å². The first kappa shape index (κ1) is 21.3. The zero-order valence-electron chi connectivity index (χ0n) is 15.9. The van der Waals surface area contributed by atoms with Crippen LogP contribution in [0.15, 0.2) is 42.5 Å². The van der Waals surface area contributed by atoms with Crippen LogP contribution in [-0.2, 0) is 6.42 Å². The van der Waals surface area contributed by atoms with Gasteiger partial charge in [0.15, 0.2) is 11.5 Å². The van der Waals surface area contributed by atoms with Crippen molar-refractivity contribution in [3.8, 4) is 11.5 Å². The SMILES string of the molecule is CCCCC/C=C/C/C=C\CCCCCCCc1cccc(O)c1O. The number of phenols is 2. The molecule has 0 spiro atoms. The maximum Gasteiger partial charge on any atom is 0.160 e. The molecule has 0 amide bonds. The van der Waals surface area contributed by atoms with Gasteiger partial charge in [0.2, 0.25) is 0 Å². The first-order valence-corrected chi connectivity index (χ1v) is 10.1. The number of aromatic hydroxyl groups is 2. The molecule has 2 heteroatoms. The van der Waals surface area contributed by atoms with E-state index >= 15 is 0 Å². The van der Waals surface area contributed by atoms with Crippen LogP contribution < -0.4 is 0 Å². The van der Waals surface area contributed by atoms with E-state index in [2.05, 4.69) is 31.2 Å². The molecular weight excluding hydrogens is 308 g/mol. The Kier molecular flexibility index (Phi) is 12.5. The zero-order valence-corrected chi connectivity index (χ0v) is 15.9. The molecule has 1 aromatic carbocycles. The lowest BCUT2D eigenvalue weighted by Crippen LogP contribution is -1.87. The predicted molar refractivity (Wildman–Crippen MR) is 108 cm³/mol. The lowest BCUT2D eigenvalue weighted by molar-refractivity contribution is 0.398. The molecule has 25 heavy (non-hydrogen) atoms. The van der Waals surface area contributed by atoms with Gasteiger partial charge in [-0.1, -0.05) is 75.5 Å². The molecule has 0 bridgehead atoms. The highest BCUT2D eigenvalue weighted by Crippen LogP contribution is 2.29. The van der Waals surface area contributed by atoms with Gasteiger partial charge in [-0.15, -0.1) is 0 Å². The number of rotatable bonds is 14. The number of aryl methyl sites for hydroxylation is 1. The fourth-order valence-electron chi connectivity index (χ4n) is 2.91. The molecule has 0 saturated heterocycles. The highest BCUT2D eigenvalue weighted by molar-refractivity contribution is 5.44. The van der Waals surface area contributed by atoms with Gasteiger partial charge in [-0.2, -0.15) is 0 Å². The van der Waals surface area contributed by atoms with E-state index < -0.39 is 0 Å². The number of allylic oxidation sites excluding steroid dienone is 4. The van der Waals surface area contributed by atoms with E-state index in [1.165, 1.54) is 63.9 Å². The van der Waals surface area contributed by atoms with E-state index in [1.807, 2.05) is 6.07 Å². The van der Waals surface area contributed by atoms with Gasteiger partial charge in [-0.05, 0) is 56.6 Å². The minimum Gasteiger partial charge on any atom is -0.504 e. The van der Waals surface area contributed by atoms with E-state index in [0.29, 0.717) is 0 Å². The molecule has 2 nitrogen and oxygen atoms in total. The molecule has 0 saturated carbocycles. The normalized spacial score (nSPS) is 11.7. The Hall–Kier alpha value is -1.70. The molecule has 1 rings (SSSR count). The first-order valence-electron chi connectivity index (χ1n) is 10.1. The van der Waals surface area contributed by atoms with Crippen LogP contribution in [0, 0.1) is 0 Å². The number of unbranched alkanes of at least 4 members (excludes halogenated alkanes) is 8. The van der Waals surface area contributed by atoms with Gasteiger partial charge >= 0.3 is 0 Å². The van der Waals surface area contributed by atoms with Crippen molar-refractivity contribution in [1.82, 2.24) is 0 Å². The number of hydrogen-bond acceptors (Lipinski definition) is 2. The van der Waals surface area contributed by atoms with Crippen molar-refractivity contribution in [3.63, 3.8) is 0 Å². The highest BCUT2D eigenvalue weighted by atomic mass is 16.3. The Balaban J connectivity index is 1.93. The molecule has 0 aliphatic carbocycles. The Morgan fingerprint density at radius 1 is 0.760 bits per heavy atom. The Morgan fingerprint density at radius 3 is 2.12 bits per heavy atom. The Morgan fingerprint density at radius 2 is 1.40 bits per heavy atom. The van der Waals surface area contributed by atoms with E-state index in [0.717, 1.165) is 24.8 Å². The molecule has 0 heterocycles. The van der Waals surface area contributed by atoms with Crippen LogP contribution in [0.5, 0.6) is 11.5 Å². The van der Waals surface area contributed by atoms with Crippen molar-refractivity contribution < 1.29 is 10.2 Å². The smallest absolute Gasteiger partial charge is 0.160 e. The summed E-state index contributed by atoms with van der Waals surface area (Å²) in [5, 5.41) is 19.2. The monoisotopic (exact) mass is 344 g/mol. The number of benzene rings is 1.